The number of likely N-dealkylation sites (N-methyl/N-ethyl adjacent to an activating group) is 1. The van der Waals surface area contributed by atoms with E-state index >= 15 is 0 Å². The third-order valence-corrected chi connectivity index (χ3v) is 6.85. The zero-order valence-corrected chi connectivity index (χ0v) is 25.8. The number of carbonyl (C=O) groups is 1. The van der Waals surface area contributed by atoms with Gasteiger partial charge in [0.25, 0.3) is 5.91 Å². The summed E-state index contributed by atoms with van der Waals surface area (Å²) < 4.78 is 11.2. The number of pyridine rings is 1. The monoisotopic (exact) mass is 635 g/mol. The van der Waals surface area contributed by atoms with Gasteiger partial charge in [-0.15, -0.1) is 24.8 Å². The smallest absolute Gasteiger partial charge is 0.253 e. The molecule has 226 valence electrons. The lowest BCUT2D eigenvalue weighted by molar-refractivity contribution is 0.0744. The fraction of sp³-hybridized carbons (Fsp3) is 0.290. The van der Waals surface area contributed by atoms with Crippen molar-refractivity contribution in [3.05, 3.63) is 101 Å². The number of aromatic nitrogens is 1. The number of ether oxygens (including phenoxy) is 2. The Morgan fingerprint density at radius 2 is 1.83 bits per heavy atom. The molecule has 3 N–H and O–H groups in total. The van der Waals surface area contributed by atoms with Gasteiger partial charge < -0.3 is 29.9 Å². The Labute approximate surface area is 263 Å². The summed E-state index contributed by atoms with van der Waals surface area (Å²) in [6.45, 7) is 1.18. The second kappa shape index (κ2) is 17.2. The molecule has 0 aliphatic heterocycles. The van der Waals surface area contributed by atoms with Crippen LogP contribution < -0.4 is 10.1 Å². The summed E-state index contributed by atoms with van der Waals surface area (Å²) in [5, 5.41) is 24.9. The number of fused-ring (bicyclic) bond motifs is 1. The lowest BCUT2D eigenvalue weighted by Gasteiger charge is -2.19. The van der Waals surface area contributed by atoms with Gasteiger partial charge in [-0.25, -0.2) is 0 Å². The maximum absolute atomic E-state index is 12.7. The van der Waals surface area contributed by atoms with E-state index in [4.69, 9.17) is 21.1 Å². The summed E-state index contributed by atoms with van der Waals surface area (Å²) in [5.74, 6) is 1.19. The number of nitrogens with one attached hydrogen (secondary N) is 1. The molecule has 4 rings (SSSR count). The third kappa shape index (κ3) is 9.54. The summed E-state index contributed by atoms with van der Waals surface area (Å²) in [5.41, 5.74) is 2.94. The molecule has 11 heteroatoms. The second-order valence-electron chi connectivity index (χ2n) is 9.57. The number of hydrogen-bond donors (Lipinski definition) is 3. The number of nitrogens with zero attached hydrogens (tertiary/aromatic N) is 2. The quantitative estimate of drug-likeness (QED) is 0.179. The minimum absolute atomic E-state index is 0. The van der Waals surface area contributed by atoms with Gasteiger partial charge >= 0.3 is 0 Å². The highest BCUT2D eigenvalue weighted by molar-refractivity contribution is 6.30. The molecule has 1 heterocycles. The average Bonchev–Trinajstić information content (AvgIpc) is 2.98. The van der Waals surface area contributed by atoms with Gasteiger partial charge in [0.05, 0.1) is 24.8 Å². The third-order valence-electron chi connectivity index (χ3n) is 6.61. The first-order chi connectivity index (χ1) is 19.4. The first-order valence-corrected chi connectivity index (χ1v) is 13.4. The molecular formula is C31H36Cl3N3O5. The van der Waals surface area contributed by atoms with Gasteiger partial charge in [-0.2, -0.15) is 0 Å². The molecule has 0 fully saturated rings. The Hall–Kier alpha value is -2.95. The van der Waals surface area contributed by atoms with E-state index in [-0.39, 0.29) is 43.4 Å². The van der Waals surface area contributed by atoms with Crippen LogP contribution in [0.3, 0.4) is 0 Å². The summed E-state index contributed by atoms with van der Waals surface area (Å²) in [4.78, 5) is 18.8. The number of methoxy groups -OCH3 is 1. The second-order valence-corrected chi connectivity index (χ2v) is 10.0. The van der Waals surface area contributed by atoms with Crippen LogP contribution in [0.4, 0.5) is 0 Å². The van der Waals surface area contributed by atoms with Gasteiger partial charge in [0.1, 0.15) is 11.5 Å². The van der Waals surface area contributed by atoms with Gasteiger partial charge in [0, 0.05) is 55.5 Å². The van der Waals surface area contributed by atoms with E-state index in [0.29, 0.717) is 53.7 Å². The fourth-order valence-electron chi connectivity index (χ4n) is 4.31. The number of aliphatic hydroxyl groups is 2. The maximum atomic E-state index is 12.7. The molecular weight excluding hydrogens is 601 g/mol. The molecule has 42 heavy (non-hydrogen) atoms. The molecule has 0 radical (unpaired) electrons. The lowest BCUT2D eigenvalue weighted by Crippen LogP contribution is -2.37. The Morgan fingerprint density at radius 1 is 1.07 bits per heavy atom. The number of benzene rings is 3. The number of hydrogen-bond acceptors (Lipinski definition) is 7. The van der Waals surface area contributed by atoms with Crippen LogP contribution in [0.1, 0.15) is 27.6 Å². The molecule has 2 atom stereocenters. The SMILES string of the molecule is COCCN(C)C(=O)c1ccc2c(Oc3ccc(C[C@@H](CO)NC[C@H](O)c4cccc(Cl)c4)cc3)ccnc2c1.Cl.Cl. The summed E-state index contributed by atoms with van der Waals surface area (Å²) in [7, 11) is 3.35. The molecule has 0 saturated carbocycles. The molecule has 8 nitrogen and oxygen atoms in total. The standard InChI is InChI=1S/C31H34ClN3O5.2ClH/c1-35(14-15-39-2)31(38)23-8-11-27-28(18-23)33-13-12-30(27)40-26-9-6-21(7-10-26)16-25(20-36)34-19-29(37)22-4-3-5-24(32)17-22;;/h3-13,17-18,25,29,34,36-37H,14-16,19-20H2,1-2H3;2*1H/t25-,29-;;/m0../s1. The zero-order valence-electron chi connectivity index (χ0n) is 23.4. The first kappa shape index (κ1) is 35.2. The van der Waals surface area contributed by atoms with Crippen LogP contribution in [-0.2, 0) is 11.2 Å². The van der Waals surface area contributed by atoms with Crippen LogP contribution in [0, 0.1) is 0 Å². The van der Waals surface area contributed by atoms with Crippen molar-refractivity contribution in [2.45, 2.75) is 18.6 Å². The molecule has 0 bridgehead atoms. The fourth-order valence-corrected chi connectivity index (χ4v) is 4.51. The van der Waals surface area contributed by atoms with E-state index in [1.165, 1.54) is 0 Å². The highest BCUT2D eigenvalue weighted by atomic mass is 35.5. The van der Waals surface area contributed by atoms with Crippen molar-refractivity contribution < 1.29 is 24.5 Å². The zero-order chi connectivity index (χ0) is 28.5. The molecule has 3 aromatic carbocycles. The minimum Gasteiger partial charge on any atom is -0.457 e. The lowest BCUT2D eigenvalue weighted by atomic mass is 10.0. The molecule has 1 amide bonds. The van der Waals surface area contributed by atoms with Crippen molar-refractivity contribution in [3.8, 4) is 11.5 Å². The predicted octanol–water partition coefficient (Wildman–Crippen LogP) is 5.47. The first-order valence-electron chi connectivity index (χ1n) is 13.1. The van der Waals surface area contributed by atoms with Crippen LogP contribution in [0.25, 0.3) is 10.9 Å². The van der Waals surface area contributed by atoms with E-state index in [9.17, 15) is 15.0 Å². The average molecular weight is 637 g/mol. The van der Waals surface area contributed by atoms with E-state index < -0.39 is 6.10 Å². The highest BCUT2D eigenvalue weighted by Gasteiger charge is 2.15. The van der Waals surface area contributed by atoms with E-state index in [1.807, 2.05) is 36.4 Å². The Kier molecular flexibility index (Phi) is 14.5. The van der Waals surface area contributed by atoms with Crippen molar-refractivity contribution in [3.63, 3.8) is 0 Å². The minimum atomic E-state index is -0.732. The molecule has 0 saturated heterocycles. The molecule has 4 aromatic rings. The van der Waals surface area contributed by atoms with Crippen molar-refractivity contribution in [1.29, 1.82) is 0 Å². The Bertz CT molecular complexity index is 1420. The van der Waals surface area contributed by atoms with Crippen molar-refractivity contribution in [2.24, 2.45) is 0 Å². The maximum Gasteiger partial charge on any atom is 0.253 e. The number of carbonyl (C=O) groups excluding carboxylic acids is 1. The van der Waals surface area contributed by atoms with Crippen LogP contribution >= 0.6 is 36.4 Å². The molecule has 1 aromatic heterocycles. The summed E-state index contributed by atoms with van der Waals surface area (Å²) in [6, 6.07) is 21.7. The number of rotatable bonds is 13. The molecule has 0 aliphatic carbocycles. The molecule has 0 unspecified atom stereocenters. The van der Waals surface area contributed by atoms with Crippen LogP contribution in [0.5, 0.6) is 11.5 Å². The topological polar surface area (TPSA) is 104 Å². The number of amides is 1. The highest BCUT2D eigenvalue weighted by Crippen LogP contribution is 2.30. The van der Waals surface area contributed by atoms with E-state index in [2.05, 4.69) is 10.3 Å². The Morgan fingerprint density at radius 3 is 2.52 bits per heavy atom. The van der Waals surface area contributed by atoms with Gasteiger partial charge in [-0.3, -0.25) is 9.78 Å². The number of halogens is 3. The predicted molar refractivity (Wildman–Crippen MR) is 171 cm³/mol. The van der Waals surface area contributed by atoms with Gasteiger partial charge in [0.2, 0.25) is 0 Å². The van der Waals surface area contributed by atoms with Crippen molar-refractivity contribution >= 4 is 53.2 Å². The summed E-state index contributed by atoms with van der Waals surface area (Å²) >= 11 is 6.02. The largest absolute Gasteiger partial charge is 0.457 e. The van der Waals surface area contributed by atoms with Crippen LogP contribution in [-0.4, -0.2) is 72.5 Å². The van der Waals surface area contributed by atoms with Gasteiger partial charge in [-0.05, 0) is 66.1 Å². The summed E-state index contributed by atoms with van der Waals surface area (Å²) in [6.07, 6.45) is 1.50. The molecule has 0 aliphatic rings. The van der Waals surface area contributed by atoms with Crippen LogP contribution in [0.15, 0.2) is 79.0 Å². The van der Waals surface area contributed by atoms with E-state index in [1.54, 1.807) is 61.7 Å². The molecule has 0 spiro atoms. The van der Waals surface area contributed by atoms with Gasteiger partial charge in [-0.1, -0.05) is 35.9 Å². The van der Waals surface area contributed by atoms with Crippen molar-refractivity contribution in [2.75, 3.05) is 40.5 Å². The van der Waals surface area contributed by atoms with E-state index in [0.717, 1.165) is 16.5 Å². The van der Waals surface area contributed by atoms with Crippen molar-refractivity contribution in [1.82, 2.24) is 15.2 Å². The Balaban J connectivity index is 0.00000308. The number of aliphatic hydroxyl groups excluding tert-OH is 2. The van der Waals surface area contributed by atoms with Gasteiger partial charge in [0.15, 0.2) is 0 Å². The normalized spacial score (nSPS) is 12.1. The van der Waals surface area contributed by atoms with Crippen LogP contribution in [0.2, 0.25) is 5.02 Å².